The molecule has 4 atom stereocenters. The van der Waals surface area contributed by atoms with Crippen molar-refractivity contribution in [2.24, 2.45) is 5.92 Å². The van der Waals surface area contributed by atoms with Crippen LogP contribution in [0.3, 0.4) is 0 Å². The van der Waals surface area contributed by atoms with Gasteiger partial charge in [0.25, 0.3) is 0 Å². The molecule has 0 saturated heterocycles. The summed E-state index contributed by atoms with van der Waals surface area (Å²) >= 11 is 6.09. The van der Waals surface area contributed by atoms with Crippen molar-refractivity contribution in [3.05, 3.63) is 58.1 Å². The molecule has 0 bridgehead atoms. The molecule has 0 spiro atoms. The molecule has 0 N–H and O–H groups in total. The Kier molecular flexibility index (Phi) is 5.57. The number of likely N-dealkylation sites (N-methyl/N-ethyl adjacent to an activating group) is 1. The Balaban J connectivity index is 1.64. The summed E-state index contributed by atoms with van der Waals surface area (Å²) < 4.78 is 11.2. The van der Waals surface area contributed by atoms with Gasteiger partial charge < -0.3 is 9.47 Å². The number of benzene rings is 2. The summed E-state index contributed by atoms with van der Waals surface area (Å²) in [5.41, 5.74) is 4.22. The molecule has 1 aliphatic carbocycles. The van der Waals surface area contributed by atoms with E-state index in [1.165, 1.54) is 36.0 Å². The van der Waals surface area contributed by atoms with Crippen LogP contribution in [0.25, 0.3) is 0 Å². The van der Waals surface area contributed by atoms with Crippen LogP contribution in [0.2, 0.25) is 5.02 Å². The van der Waals surface area contributed by atoms with Gasteiger partial charge in [0, 0.05) is 23.5 Å². The van der Waals surface area contributed by atoms with Gasteiger partial charge in [0.1, 0.15) is 0 Å². The molecule has 2 aliphatic rings. The number of ether oxygens (including phenoxy) is 2. The fourth-order valence-electron chi connectivity index (χ4n) is 5.35. The van der Waals surface area contributed by atoms with Gasteiger partial charge in [-0.05, 0) is 79.1 Å². The third kappa shape index (κ3) is 3.51. The zero-order valence-corrected chi connectivity index (χ0v) is 18.0. The minimum atomic E-state index is 0.536. The van der Waals surface area contributed by atoms with E-state index in [1.807, 2.05) is 12.1 Å². The van der Waals surface area contributed by atoms with Crippen LogP contribution in [0.4, 0.5) is 0 Å². The molecule has 4 rings (SSSR count). The van der Waals surface area contributed by atoms with E-state index in [0.717, 1.165) is 23.1 Å². The van der Waals surface area contributed by atoms with E-state index >= 15 is 0 Å². The molecule has 1 heterocycles. The van der Waals surface area contributed by atoms with Crippen LogP contribution in [0, 0.1) is 5.92 Å². The molecular weight excluding hydrogens is 370 g/mol. The third-order valence-corrected chi connectivity index (χ3v) is 7.24. The summed E-state index contributed by atoms with van der Waals surface area (Å²) in [6.07, 6.45) is 3.73. The van der Waals surface area contributed by atoms with Crippen LogP contribution in [0.1, 0.15) is 54.7 Å². The van der Waals surface area contributed by atoms with Crippen molar-refractivity contribution in [1.82, 2.24) is 4.90 Å². The lowest BCUT2D eigenvalue weighted by atomic mass is 9.67. The van der Waals surface area contributed by atoms with Crippen LogP contribution >= 0.6 is 11.6 Å². The highest BCUT2D eigenvalue weighted by Crippen LogP contribution is 2.49. The fourth-order valence-corrected chi connectivity index (χ4v) is 5.47. The number of rotatable bonds is 4. The van der Waals surface area contributed by atoms with Crippen molar-refractivity contribution in [1.29, 1.82) is 0 Å². The molecule has 0 radical (unpaired) electrons. The lowest BCUT2D eigenvalue weighted by Gasteiger charge is -2.47. The number of halogens is 1. The minimum Gasteiger partial charge on any atom is -0.493 e. The Hall–Kier alpha value is -1.71. The monoisotopic (exact) mass is 399 g/mol. The van der Waals surface area contributed by atoms with Crippen LogP contribution in [-0.4, -0.2) is 32.2 Å². The van der Waals surface area contributed by atoms with Gasteiger partial charge in [0.2, 0.25) is 0 Å². The van der Waals surface area contributed by atoms with Gasteiger partial charge >= 0.3 is 0 Å². The summed E-state index contributed by atoms with van der Waals surface area (Å²) in [6, 6.07) is 13.4. The number of methoxy groups -OCH3 is 2. The molecule has 4 heteroatoms. The van der Waals surface area contributed by atoms with Crippen molar-refractivity contribution in [3.8, 4) is 11.5 Å². The van der Waals surface area contributed by atoms with Gasteiger partial charge in [0.05, 0.1) is 14.2 Å². The van der Waals surface area contributed by atoms with Gasteiger partial charge in [-0.2, -0.15) is 0 Å². The SMILES string of the molecule is COc1cc2c(cc1OC)C1CC(C(C)c3ccc(Cl)cc3)CCC1N(C)C2. The van der Waals surface area contributed by atoms with Crippen LogP contribution in [0.5, 0.6) is 11.5 Å². The zero-order chi connectivity index (χ0) is 19.8. The predicted molar refractivity (Wildman–Crippen MR) is 115 cm³/mol. The number of nitrogens with zero attached hydrogens (tertiary/aromatic N) is 1. The van der Waals surface area contributed by atoms with Gasteiger partial charge in [-0.25, -0.2) is 0 Å². The standard InChI is InChI=1S/C24H30ClNO2/c1-15(16-5-8-19(25)9-6-16)17-7-10-22-21(11-17)20-13-24(28-4)23(27-3)12-18(20)14-26(22)2/h5-6,8-9,12-13,15,17,21-22H,7,10-11,14H2,1-4H3. The predicted octanol–water partition coefficient (Wildman–Crippen LogP) is 5.86. The first-order valence-corrected chi connectivity index (χ1v) is 10.6. The maximum atomic E-state index is 6.09. The average molecular weight is 400 g/mol. The lowest BCUT2D eigenvalue weighted by molar-refractivity contribution is 0.111. The molecule has 28 heavy (non-hydrogen) atoms. The van der Waals surface area contributed by atoms with E-state index in [-0.39, 0.29) is 0 Å². The van der Waals surface area contributed by atoms with E-state index in [0.29, 0.717) is 23.8 Å². The van der Waals surface area contributed by atoms with Crippen molar-refractivity contribution >= 4 is 11.6 Å². The second kappa shape index (κ2) is 7.96. The molecule has 0 aromatic heterocycles. The molecule has 4 unspecified atom stereocenters. The van der Waals surface area contributed by atoms with Crippen LogP contribution in [-0.2, 0) is 6.54 Å². The smallest absolute Gasteiger partial charge is 0.161 e. The third-order valence-electron chi connectivity index (χ3n) is 6.99. The lowest BCUT2D eigenvalue weighted by Crippen LogP contribution is -2.44. The highest BCUT2D eigenvalue weighted by Gasteiger charge is 2.40. The molecule has 3 nitrogen and oxygen atoms in total. The normalized spacial score (nSPS) is 25.5. The molecule has 1 saturated carbocycles. The molecule has 2 aromatic rings. The first kappa shape index (κ1) is 19.6. The Morgan fingerprint density at radius 3 is 2.39 bits per heavy atom. The van der Waals surface area contributed by atoms with E-state index in [9.17, 15) is 0 Å². The Labute approximate surface area is 173 Å². The Morgan fingerprint density at radius 1 is 1.04 bits per heavy atom. The quantitative estimate of drug-likeness (QED) is 0.642. The molecule has 150 valence electrons. The van der Waals surface area contributed by atoms with E-state index in [2.05, 4.69) is 43.1 Å². The summed E-state index contributed by atoms with van der Waals surface area (Å²) in [5, 5.41) is 0.809. The summed E-state index contributed by atoms with van der Waals surface area (Å²) in [5.74, 6) is 3.43. The molecular formula is C24H30ClNO2. The topological polar surface area (TPSA) is 21.7 Å². The largest absolute Gasteiger partial charge is 0.493 e. The summed E-state index contributed by atoms with van der Waals surface area (Å²) in [6.45, 7) is 3.35. The van der Waals surface area contributed by atoms with E-state index in [4.69, 9.17) is 21.1 Å². The first-order chi connectivity index (χ1) is 13.5. The molecule has 2 aromatic carbocycles. The number of fused-ring (bicyclic) bond motifs is 3. The van der Waals surface area contributed by atoms with E-state index in [1.54, 1.807) is 14.2 Å². The maximum Gasteiger partial charge on any atom is 0.161 e. The van der Waals surface area contributed by atoms with Gasteiger partial charge in [-0.15, -0.1) is 0 Å². The maximum absolute atomic E-state index is 6.09. The Bertz CT molecular complexity index is 835. The van der Waals surface area contributed by atoms with Gasteiger partial charge in [0.15, 0.2) is 11.5 Å². The average Bonchev–Trinajstić information content (AvgIpc) is 2.72. The second-order valence-corrected chi connectivity index (χ2v) is 8.84. The van der Waals surface area contributed by atoms with Crippen molar-refractivity contribution in [3.63, 3.8) is 0 Å². The highest BCUT2D eigenvalue weighted by molar-refractivity contribution is 6.30. The molecule has 1 aliphatic heterocycles. The van der Waals surface area contributed by atoms with Crippen LogP contribution < -0.4 is 9.47 Å². The summed E-state index contributed by atoms with van der Waals surface area (Å²) in [4.78, 5) is 2.53. The van der Waals surface area contributed by atoms with E-state index < -0.39 is 0 Å². The fraction of sp³-hybridized carbons (Fsp3) is 0.500. The second-order valence-electron chi connectivity index (χ2n) is 8.41. The zero-order valence-electron chi connectivity index (χ0n) is 17.2. The van der Waals surface area contributed by atoms with Crippen LogP contribution in [0.15, 0.2) is 36.4 Å². The highest BCUT2D eigenvalue weighted by atomic mass is 35.5. The summed E-state index contributed by atoms with van der Waals surface area (Å²) in [7, 11) is 5.70. The van der Waals surface area contributed by atoms with Crippen molar-refractivity contribution < 1.29 is 9.47 Å². The van der Waals surface area contributed by atoms with Crippen molar-refractivity contribution in [2.75, 3.05) is 21.3 Å². The van der Waals surface area contributed by atoms with Crippen molar-refractivity contribution in [2.45, 2.75) is 50.6 Å². The molecule has 0 amide bonds. The van der Waals surface area contributed by atoms with Gasteiger partial charge in [-0.3, -0.25) is 4.90 Å². The molecule has 1 fully saturated rings. The number of hydrogen-bond acceptors (Lipinski definition) is 3. The minimum absolute atomic E-state index is 0.536. The first-order valence-electron chi connectivity index (χ1n) is 10.2. The Morgan fingerprint density at radius 2 is 1.71 bits per heavy atom. The number of hydrogen-bond donors (Lipinski definition) is 0. The van der Waals surface area contributed by atoms with Gasteiger partial charge in [-0.1, -0.05) is 30.7 Å².